The van der Waals surface area contributed by atoms with Crippen LogP contribution in [-0.2, 0) is 23.1 Å². The molecule has 1 aliphatic rings. The standard InChI is InChI=1S/C29H26ClN5O3S/c1-16-12-22-27(26(20(16)14-25(37)38)17-4-7-19(30)8-5-17)39-29(31-22)18-6-9-23-21(13-18)28(32-34(23)3)35-11-10-33(2)15-24(35)36/h4-9,12-13H,10-11,14-15H2,1-3H3,(H,37,38). The van der Waals surface area contributed by atoms with E-state index < -0.39 is 5.97 Å². The predicted octanol–water partition coefficient (Wildman–Crippen LogP) is 5.38. The molecule has 0 atom stereocenters. The van der Waals surface area contributed by atoms with E-state index in [1.54, 1.807) is 9.58 Å². The molecule has 8 nitrogen and oxygen atoms in total. The summed E-state index contributed by atoms with van der Waals surface area (Å²) in [4.78, 5) is 33.4. The number of carbonyl (C=O) groups is 2. The van der Waals surface area contributed by atoms with Crippen molar-refractivity contribution in [3.8, 4) is 21.7 Å². The van der Waals surface area contributed by atoms with E-state index >= 15 is 0 Å². The highest BCUT2D eigenvalue weighted by molar-refractivity contribution is 7.22. The molecule has 10 heteroatoms. The van der Waals surface area contributed by atoms with Crippen LogP contribution in [0.5, 0.6) is 0 Å². The molecule has 6 rings (SSSR count). The molecule has 5 aromatic rings. The number of piperazine rings is 1. The molecule has 0 unspecified atom stereocenters. The monoisotopic (exact) mass is 559 g/mol. The van der Waals surface area contributed by atoms with Crippen molar-refractivity contribution in [3.63, 3.8) is 0 Å². The summed E-state index contributed by atoms with van der Waals surface area (Å²) in [6.07, 6.45) is -0.0863. The number of carbonyl (C=O) groups excluding carboxylic acids is 1. The Kier molecular flexibility index (Phi) is 6.37. The molecule has 1 saturated heterocycles. The lowest BCUT2D eigenvalue weighted by molar-refractivity contribution is -0.136. The molecular weight excluding hydrogens is 534 g/mol. The summed E-state index contributed by atoms with van der Waals surface area (Å²) in [5.41, 5.74) is 6.09. The Balaban J connectivity index is 1.51. The average Bonchev–Trinajstić information content (AvgIpc) is 3.45. The van der Waals surface area contributed by atoms with Crippen molar-refractivity contribution < 1.29 is 14.7 Å². The topological polar surface area (TPSA) is 91.6 Å². The Morgan fingerprint density at radius 2 is 1.82 bits per heavy atom. The molecule has 39 heavy (non-hydrogen) atoms. The number of aromatic nitrogens is 3. The minimum atomic E-state index is -0.884. The molecule has 0 bridgehead atoms. The van der Waals surface area contributed by atoms with Gasteiger partial charge in [-0.25, -0.2) is 4.98 Å². The van der Waals surface area contributed by atoms with Crippen LogP contribution in [-0.4, -0.2) is 63.3 Å². The van der Waals surface area contributed by atoms with E-state index in [1.807, 2.05) is 74.4 Å². The van der Waals surface area contributed by atoms with Crippen molar-refractivity contribution in [2.45, 2.75) is 13.3 Å². The van der Waals surface area contributed by atoms with Crippen LogP contribution in [0.15, 0.2) is 48.5 Å². The Morgan fingerprint density at radius 1 is 1.08 bits per heavy atom. The van der Waals surface area contributed by atoms with E-state index in [9.17, 15) is 14.7 Å². The third-order valence-corrected chi connectivity index (χ3v) is 8.61. The lowest BCUT2D eigenvalue weighted by atomic mass is 9.93. The molecule has 0 spiro atoms. The van der Waals surface area contributed by atoms with Gasteiger partial charge in [0.05, 0.1) is 28.7 Å². The molecule has 1 aliphatic heterocycles. The van der Waals surface area contributed by atoms with Gasteiger partial charge in [0.15, 0.2) is 5.82 Å². The minimum Gasteiger partial charge on any atom is -0.481 e. The quantitative estimate of drug-likeness (QED) is 0.311. The minimum absolute atomic E-state index is 0.0307. The number of anilines is 1. The Bertz CT molecular complexity index is 1780. The number of carboxylic acid groups (broad SMARTS) is 1. The maximum Gasteiger partial charge on any atom is 0.307 e. The number of thiazole rings is 1. The van der Waals surface area contributed by atoms with Crippen LogP contribution in [0.25, 0.3) is 42.8 Å². The lowest BCUT2D eigenvalue weighted by Gasteiger charge is -2.30. The van der Waals surface area contributed by atoms with E-state index in [0.29, 0.717) is 23.9 Å². The van der Waals surface area contributed by atoms with Gasteiger partial charge in [0.2, 0.25) is 5.91 Å². The van der Waals surface area contributed by atoms with Gasteiger partial charge < -0.3 is 5.11 Å². The van der Waals surface area contributed by atoms with Crippen molar-refractivity contribution in [3.05, 3.63) is 64.7 Å². The van der Waals surface area contributed by atoms with Crippen molar-refractivity contribution >= 4 is 61.8 Å². The molecule has 0 radical (unpaired) electrons. The molecule has 0 saturated carbocycles. The van der Waals surface area contributed by atoms with Crippen molar-refractivity contribution in [1.82, 2.24) is 19.7 Å². The Morgan fingerprint density at radius 3 is 2.54 bits per heavy atom. The number of fused-ring (bicyclic) bond motifs is 2. The molecule has 1 fully saturated rings. The highest BCUT2D eigenvalue weighted by Crippen LogP contribution is 2.42. The first-order valence-corrected chi connectivity index (χ1v) is 13.8. The summed E-state index contributed by atoms with van der Waals surface area (Å²) in [6.45, 7) is 3.66. The third-order valence-electron chi connectivity index (χ3n) is 7.22. The molecular formula is C29H26ClN5O3S. The van der Waals surface area contributed by atoms with Gasteiger partial charge >= 0.3 is 5.97 Å². The number of likely N-dealkylation sites (N-methyl/N-ethyl adjacent to an activating group) is 1. The Labute approximate surface area is 234 Å². The summed E-state index contributed by atoms with van der Waals surface area (Å²) in [7, 11) is 3.83. The van der Waals surface area contributed by atoms with Gasteiger partial charge in [0.25, 0.3) is 0 Å². The first-order valence-electron chi connectivity index (χ1n) is 12.6. The fraction of sp³-hybridized carbons (Fsp3) is 0.241. The smallest absolute Gasteiger partial charge is 0.307 e. The largest absolute Gasteiger partial charge is 0.481 e. The summed E-state index contributed by atoms with van der Waals surface area (Å²) >= 11 is 7.69. The van der Waals surface area contributed by atoms with E-state index in [2.05, 4.69) is 0 Å². The molecule has 1 amide bonds. The van der Waals surface area contributed by atoms with Gasteiger partial charge in [0, 0.05) is 41.7 Å². The number of carboxylic acids is 1. The third kappa shape index (κ3) is 4.56. The second kappa shape index (κ2) is 9.75. The zero-order valence-electron chi connectivity index (χ0n) is 21.7. The van der Waals surface area contributed by atoms with Gasteiger partial charge in [-0.15, -0.1) is 11.3 Å². The number of aliphatic carboxylic acids is 1. The first kappa shape index (κ1) is 25.5. The van der Waals surface area contributed by atoms with Crippen LogP contribution < -0.4 is 4.90 Å². The van der Waals surface area contributed by atoms with Crippen LogP contribution in [0.2, 0.25) is 5.02 Å². The number of halogens is 1. The van der Waals surface area contributed by atoms with Crippen LogP contribution in [0.3, 0.4) is 0 Å². The number of rotatable bonds is 5. The van der Waals surface area contributed by atoms with Crippen molar-refractivity contribution in [1.29, 1.82) is 0 Å². The SMILES string of the molecule is Cc1cc2nc(-c3ccc4c(c3)c(N3CCN(C)CC3=O)nn4C)sc2c(-c2ccc(Cl)cc2)c1CC(=O)O. The maximum absolute atomic E-state index is 12.8. The molecule has 2 aromatic heterocycles. The molecule has 3 aromatic carbocycles. The summed E-state index contributed by atoms with van der Waals surface area (Å²) in [5, 5.41) is 16.7. The average molecular weight is 560 g/mol. The first-order chi connectivity index (χ1) is 18.7. The van der Waals surface area contributed by atoms with Gasteiger partial charge in [-0.1, -0.05) is 23.7 Å². The lowest BCUT2D eigenvalue weighted by Crippen LogP contribution is -2.49. The van der Waals surface area contributed by atoms with Crippen LogP contribution >= 0.6 is 22.9 Å². The van der Waals surface area contributed by atoms with Crippen LogP contribution in [0.1, 0.15) is 11.1 Å². The fourth-order valence-electron chi connectivity index (χ4n) is 5.25. The number of hydrogen-bond donors (Lipinski definition) is 1. The van der Waals surface area contributed by atoms with Crippen LogP contribution in [0, 0.1) is 6.92 Å². The molecule has 198 valence electrons. The van der Waals surface area contributed by atoms with Crippen molar-refractivity contribution in [2.24, 2.45) is 7.05 Å². The predicted molar refractivity (Wildman–Crippen MR) is 156 cm³/mol. The van der Waals surface area contributed by atoms with Gasteiger partial charge in [-0.2, -0.15) is 5.10 Å². The van der Waals surface area contributed by atoms with Gasteiger partial charge in [-0.05, 0) is 67.1 Å². The zero-order chi connectivity index (χ0) is 27.4. The zero-order valence-corrected chi connectivity index (χ0v) is 23.3. The van der Waals surface area contributed by atoms with E-state index in [1.165, 1.54) is 11.3 Å². The molecule has 3 heterocycles. The van der Waals surface area contributed by atoms with E-state index in [0.717, 1.165) is 60.5 Å². The number of benzene rings is 3. The van der Waals surface area contributed by atoms with E-state index in [-0.39, 0.29) is 12.3 Å². The second-order valence-corrected chi connectivity index (χ2v) is 11.4. The second-order valence-electron chi connectivity index (χ2n) is 9.95. The maximum atomic E-state index is 12.8. The normalized spacial score (nSPS) is 14.6. The van der Waals surface area contributed by atoms with Gasteiger partial charge in [-0.3, -0.25) is 24.1 Å². The number of aryl methyl sites for hydroxylation is 2. The van der Waals surface area contributed by atoms with Crippen molar-refractivity contribution in [2.75, 3.05) is 31.6 Å². The summed E-state index contributed by atoms with van der Waals surface area (Å²) in [5.74, 6) is -0.191. The highest BCUT2D eigenvalue weighted by atomic mass is 35.5. The summed E-state index contributed by atoms with van der Waals surface area (Å²) < 4.78 is 2.73. The molecule has 1 N–H and O–H groups in total. The van der Waals surface area contributed by atoms with Crippen LogP contribution in [0.4, 0.5) is 5.82 Å². The number of amides is 1. The fourth-order valence-corrected chi connectivity index (χ4v) is 6.51. The number of hydrogen-bond acceptors (Lipinski definition) is 6. The Hall–Kier alpha value is -3.79. The highest BCUT2D eigenvalue weighted by Gasteiger charge is 2.27. The molecule has 0 aliphatic carbocycles. The summed E-state index contributed by atoms with van der Waals surface area (Å²) in [6, 6.07) is 15.5. The van der Waals surface area contributed by atoms with E-state index in [4.69, 9.17) is 21.7 Å². The van der Waals surface area contributed by atoms with Gasteiger partial charge in [0.1, 0.15) is 5.01 Å². The number of nitrogens with zero attached hydrogens (tertiary/aromatic N) is 5.